The number of carbonyl (C=O) groups excluding carboxylic acids is 3. The van der Waals surface area contributed by atoms with Gasteiger partial charge in [0, 0.05) is 41.1 Å². The average Bonchev–Trinajstić information content (AvgIpc) is 2.98. The zero-order valence-electron chi connectivity index (χ0n) is 19.0. The molecule has 0 fully saturated rings. The molecule has 35 heavy (non-hydrogen) atoms. The zero-order chi connectivity index (χ0) is 25.5. The Morgan fingerprint density at radius 2 is 1.54 bits per heavy atom. The first-order valence-corrected chi connectivity index (χ1v) is 10.8. The van der Waals surface area contributed by atoms with E-state index in [4.69, 9.17) is 5.73 Å². The molecule has 3 N–H and O–H groups in total. The Labute approximate surface area is 199 Å². The smallest absolute Gasteiger partial charge is 0.251 e. The van der Waals surface area contributed by atoms with Gasteiger partial charge in [-0.3, -0.25) is 14.4 Å². The molecule has 0 radical (unpaired) electrons. The normalized spacial score (nSPS) is 14.1. The molecule has 0 atom stereocenters. The molecular weight excluding hydrogens is 459 g/mol. The number of hydrogen-bond acceptors (Lipinski definition) is 3. The van der Waals surface area contributed by atoms with E-state index in [-0.39, 0.29) is 18.0 Å². The van der Waals surface area contributed by atoms with Crippen molar-refractivity contribution >= 4 is 23.4 Å². The van der Waals surface area contributed by atoms with Crippen LogP contribution in [0.4, 0.5) is 18.9 Å². The largest absolute Gasteiger partial charge is 0.366 e. The summed E-state index contributed by atoms with van der Waals surface area (Å²) in [6, 6.07) is 12.4. The first-order chi connectivity index (χ1) is 16.5. The van der Waals surface area contributed by atoms with Crippen molar-refractivity contribution in [3.63, 3.8) is 0 Å². The molecule has 3 aromatic carbocycles. The van der Waals surface area contributed by atoms with Crippen molar-refractivity contribution in [2.24, 2.45) is 5.73 Å². The SMILES string of the molecule is CC1(C)C(=O)N(Cc2ccc(C(N)=O)cc2)c2cc(C(=O)NCc3c(F)cc(F)cc3F)ccc21. The van der Waals surface area contributed by atoms with Gasteiger partial charge in [0.05, 0.1) is 12.0 Å². The molecule has 1 heterocycles. The van der Waals surface area contributed by atoms with E-state index >= 15 is 0 Å². The number of anilines is 1. The molecule has 1 aliphatic rings. The van der Waals surface area contributed by atoms with E-state index < -0.39 is 46.8 Å². The molecule has 1 aliphatic heterocycles. The fourth-order valence-corrected chi connectivity index (χ4v) is 4.11. The number of fused-ring (bicyclic) bond motifs is 1. The third kappa shape index (κ3) is 4.49. The highest BCUT2D eigenvalue weighted by Gasteiger charge is 2.44. The average molecular weight is 481 g/mol. The van der Waals surface area contributed by atoms with E-state index in [1.807, 2.05) is 0 Å². The van der Waals surface area contributed by atoms with Crippen LogP contribution in [-0.4, -0.2) is 17.7 Å². The predicted octanol–water partition coefficient (Wildman–Crippen LogP) is 3.96. The van der Waals surface area contributed by atoms with Crippen molar-refractivity contribution in [2.45, 2.75) is 32.4 Å². The highest BCUT2D eigenvalue weighted by molar-refractivity contribution is 6.09. The molecule has 9 heteroatoms. The van der Waals surface area contributed by atoms with Crippen LogP contribution in [0.15, 0.2) is 54.6 Å². The molecule has 0 saturated carbocycles. The summed E-state index contributed by atoms with van der Waals surface area (Å²) in [4.78, 5) is 38.8. The standard InChI is InChI=1S/C26H22F3N3O3/c1-26(2)19-8-7-16(24(34)31-12-18-20(28)10-17(27)11-21(18)29)9-22(19)32(25(26)35)13-14-3-5-15(6-4-14)23(30)33/h3-11H,12-13H2,1-2H3,(H2,30,33)(H,31,34). The minimum absolute atomic E-state index is 0.167. The van der Waals surface area contributed by atoms with Crippen LogP contribution in [0.25, 0.3) is 0 Å². The first kappa shape index (κ1) is 24.0. The van der Waals surface area contributed by atoms with Gasteiger partial charge in [-0.25, -0.2) is 13.2 Å². The lowest BCUT2D eigenvalue weighted by Gasteiger charge is -2.20. The Bertz CT molecular complexity index is 1330. The molecule has 4 rings (SSSR count). The summed E-state index contributed by atoms with van der Waals surface area (Å²) in [5, 5.41) is 2.43. The lowest BCUT2D eigenvalue weighted by atomic mass is 9.86. The summed E-state index contributed by atoms with van der Waals surface area (Å²) in [6.45, 7) is 3.29. The minimum atomic E-state index is -1.10. The predicted molar refractivity (Wildman–Crippen MR) is 123 cm³/mol. The fraction of sp³-hybridized carbons (Fsp3) is 0.192. The van der Waals surface area contributed by atoms with E-state index in [9.17, 15) is 27.6 Å². The number of nitrogens with two attached hydrogens (primary N) is 1. The van der Waals surface area contributed by atoms with E-state index in [1.165, 1.54) is 6.07 Å². The van der Waals surface area contributed by atoms with Crippen LogP contribution in [-0.2, 0) is 23.3 Å². The molecule has 0 unspecified atom stereocenters. The number of carbonyl (C=O) groups is 3. The van der Waals surface area contributed by atoms with Gasteiger partial charge in [-0.15, -0.1) is 0 Å². The fourth-order valence-electron chi connectivity index (χ4n) is 4.11. The molecule has 0 aliphatic carbocycles. The second-order valence-corrected chi connectivity index (χ2v) is 8.84. The van der Waals surface area contributed by atoms with Crippen LogP contribution in [0.3, 0.4) is 0 Å². The maximum Gasteiger partial charge on any atom is 0.251 e. The topological polar surface area (TPSA) is 92.5 Å². The number of primary amides is 1. The molecule has 180 valence electrons. The van der Waals surface area contributed by atoms with Gasteiger partial charge < -0.3 is 16.0 Å². The Hall–Kier alpha value is -4.14. The molecule has 0 bridgehead atoms. The molecular formula is C26H22F3N3O3. The van der Waals surface area contributed by atoms with Gasteiger partial charge in [-0.05, 0) is 49.2 Å². The maximum absolute atomic E-state index is 13.9. The monoisotopic (exact) mass is 481 g/mol. The molecule has 0 spiro atoms. The van der Waals surface area contributed by atoms with E-state index in [0.717, 1.165) is 11.1 Å². The van der Waals surface area contributed by atoms with Gasteiger partial charge >= 0.3 is 0 Å². The summed E-state index contributed by atoms with van der Waals surface area (Å²) >= 11 is 0. The number of halogens is 3. The second-order valence-electron chi connectivity index (χ2n) is 8.84. The Balaban J connectivity index is 1.59. The van der Waals surface area contributed by atoms with Crippen LogP contribution in [0.1, 0.15) is 51.3 Å². The van der Waals surface area contributed by atoms with Gasteiger partial charge in [0.2, 0.25) is 11.8 Å². The minimum Gasteiger partial charge on any atom is -0.366 e. The third-order valence-corrected chi connectivity index (χ3v) is 6.11. The molecule has 0 saturated heterocycles. The van der Waals surface area contributed by atoms with Gasteiger partial charge in [0.25, 0.3) is 5.91 Å². The lowest BCUT2D eigenvalue weighted by molar-refractivity contribution is -0.122. The van der Waals surface area contributed by atoms with Gasteiger partial charge in [0.15, 0.2) is 0 Å². The third-order valence-electron chi connectivity index (χ3n) is 6.11. The Morgan fingerprint density at radius 1 is 0.943 bits per heavy atom. The highest BCUT2D eigenvalue weighted by Crippen LogP contribution is 2.42. The number of amides is 3. The summed E-state index contributed by atoms with van der Waals surface area (Å²) in [7, 11) is 0. The van der Waals surface area contributed by atoms with Crippen LogP contribution < -0.4 is 16.0 Å². The number of nitrogens with zero attached hydrogens (tertiary/aromatic N) is 1. The quantitative estimate of drug-likeness (QED) is 0.558. The highest BCUT2D eigenvalue weighted by atomic mass is 19.1. The van der Waals surface area contributed by atoms with Crippen molar-refractivity contribution in [1.29, 1.82) is 0 Å². The van der Waals surface area contributed by atoms with E-state index in [1.54, 1.807) is 55.1 Å². The first-order valence-electron chi connectivity index (χ1n) is 10.8. The molecule has 3 aromatic rings. The van der Waals surface area contributed by atoms with Crippen LogP contribution in [0.5, 0.6) is 0 Å². The van der Waals surface area contributed by atoms with Crippen molar-refractivity contribution < 1.29 is 27.6 Å². The van der Waals surface area contributed by atoms with E-state index in [2.05, 4.69) is 5.32 Å². The van der Waals surface area contributed by atoms with Crippen molar-refractivity contribution in [1.82, 2.24) is 5.32 Å². The number of hydrogen-bond donors (Lipinski definition) is 2. The molecule has 0 aromatic heterocycles. The van der Waals surface area contributed by atoms with Crippen molar-refractivity contribution in [3.05, 3.63) is 99.9 Å². The zero-order valence-corrected chi connectivity index (χ0v) is 19.0. The van der Waals surface area contributed by atoms with Gasteiger partial charge in [0.1, 0.15) is 17.5 Å². The number of rotatable bonds is 6. The Kier molecular flexibility index (Phi) is 6.10. The summed E-state index contributed by atoms with van der Waals surface area (Å²) in [5.41, 5.74) is 6.52. The number of nitrogens with one attached hydrogen (secondary N) is 1. The number of benzene rings is 3. The van der Waals surface area contributed by atoms with Gasteiger partial charge in [-0.1, -0.05) is 18.2 Å². The van der Waals surface area contributed by atoms with Crippen LogP contribution in [0, 0.1) is 17.5 Å². The van der Waals surface area contributed by atoms with Crippen LogP contribution in [0.2, 0.25) is 0 Å². The van der Waals surface area contributed by atoms with E-state index in [0.29, 0.717) is 23.4 Å². The summed E-state index contributed by atoms with van der Waals surface area (Å²) in [5.74, 6) is -4.59. The summed E-state index contributed by atoms with van der Waals surface area (Å²) < 4.78 is 40.9. The van der Waals surface area contributed by atoms with Gasteiger partial charge in [-0.2, -0.15) is 0 Å². The van der Waals surface area contributed by atoms with Crippen molar-refractivity contribution in [3.8, 4) is 0 Å². The van der Waals surface area contributed by atoms with Crippen molar-refractivity contribution in [2.75, 3.05) is 4.90 Å². The van der Waals surface area contributed by atoms with Crippen LogP contribution >= 0.6 is 0 Å². The second kappa shape index (κ2) is 8.90. The molecule has 6 nitrogen and oxygen atoms in total. The molecule has 3 amide bonds. The lowest BCUT2D eigenvalue weighted by Crippen LogP contribution is -2.35. The maximum atomic E-state index is 13.9. The summed E-state index contributed by atoms with van der Waals surface area (Å²) in [6.07, 6.45) is 0. The Morgan fingerprint density at radius 3 is 2.14 bits per heavy atom.